The lowest BCUT2D eigenvalue weighted by molar-refractivity contribution is 0.583. The molecular weight excluding hydrogens is 365 g/mol. The van der Waals surface area contributed by atoms with Crippen molar-refractivity contribution in [1.29, 1.82) is 0 Å². The quantitative estimate of drug-likeness (QED) is 0.457. The van der Waals surface area contributed by atoms with E-state index in [0.29, 0.717) is 27.6 Å². The lowest BCUT2D eigenvalue weighted by Gasteiger charge is -2.07. The van der Waals surface area contributed by atoms with Gasteiger partial charge in [-0.15, -0.1) is 0 Å². The third kappa shape index (κ3) is 2.60. The van der Waals surface area contributed by atoms with Gasteiger partial charge in [-0.2, -0.15) is 0 Å². The van der Waals surface area contributed by atoms with E-state index in [1.165, 1.54) is 0 Å². The molecule has 4 aromatic heterocycles. The molecule has 5 rings (SSSR count). The predicted molar refractivity (Wildman–Crippen MR) is 99.9 cm³/mol. The van der Waals surface area contributed by atoms with Crippen LogP contribution in [0.15, 0.2) is 61.2 Å². The fourth-order valence-corrected chi connectivity index (χ4v) is 3.39. The number of pyridine rings is 3. The van der Waals surface area contributed by atoms with Gasteiger partial charge in [0.1, 0.15) is 23.1 Å². The first-order chi connectivity index (χ1) is 13.6. The number of halogens is 3. The zero-order chi connectivity index (χ0) is 19.3. The maximum Gasteiger partial charge on any atom is 0.150 e. The molecule has 0 unspecified atom stereocenters. The van der Waals surface area contributed by atoms with Gasteiger partial charge in [0.05, 0.1) is 23.6 Å². The van der Waals surface area contributed by atoms with E-state index in [2.05, 4.69) is 19.9 Å². The van der Waals surface area contributed by atoms with Crippen LogP contribution in [0.5, 0.6) is 0 Å². The lowest BCUT2D eigenvalue weighted by atomic mass is 10.00. The number of H-pyrrole nitrogens is 1. The smallest absolute Gasteiger partial charge is 0.150 e. The molecule has 1 aromatic carbocycles. The average molecular weight is 376 g/mol. The van der Waals surface area contributed by atoms with Gasteiger partial charge in [-0.05, 0) is 35.9 Å². The van der Waals surface area contributed by atoms with E-state index in [9.17, 15) is 13.2 Å². The Morgan fingerprint density at radius 1 is 0.821 bits per heavy atom. The summed E-state index contributed by atoms with van der Waals surface area (Å²) in [7, 11) is 0. The second kappa shape index (κ2) is 6.16. The Bertz CT molecular complexity index is 1330. The number of fused-ring (bicyclic) bond motifs is 3. The molecule has 1 N–H and O–H groups in total. The largest absolute Gasteiger partial charge is 0.338 e. The molecule has 5 aromatic rings. The number of benzene rings is 1. The molecule has 0 bridgehead atoms. The Balaban J connectivity index is 1.86. The van der Waals surface area contributed by atoms with Gasteiger partial charge < -0.3 is 4.98 Å². The number of nitrogens with one attached hydrogen (secondary N) is 1. The lowest BCUT2D eigenvalue weighted by Crippen LogP contribution is -1.91. The molecule has 0 amide bonds. The molecule has 136 valence electrons. The minimum absolute atomic E-state index is 0.0815. The molecule has 0 aliphatic rings. The summed E-state index contributed by atoms with van der Waals surface area (Å²) in [6.07, 6.45) is 5.98. The highest BCUT2D eigenvalue weighted by Gasteiger charge is 2.18. The number of nitrogens with zero attached hydrogens (tertiary/aromatic N) is 3. The maximum absolute atomic E-state index is 14.8. The second-order valence-electron chi connectivity index (χ2n) is 6.34. The topological polar surface area (TPSA) is 54.5 Å². The number of rotatable bonds is 2. The van der Waals surface area contributed by atoms with Crippen LogP contribution in [-0.4, -0.2) is 19.9 Å². The summed E-state index contributed by atoms with van der Waals surface area (Å²) in [5.41, 5.74) is 2.66. The van der Waals surface area contributed by atoms with Crippen molar-refractivity contribution in [1.82, 2.24) is 19.9 Å². The highest BCUT2D eigenvalue weighted by atomic mass is 19.1. The summed E-state index contributed by atoms with van der Waals surface area (Å²) in [4.78, 5) is 15.7. The van der Waals surface area contributed by atoms with E-state index in [1.807, 2.05) is 6.07 Å². The first kappa shape index (κ1) is 16.4. The summed E-state index contributed by atoms with van der Waals surface area (Å²) in [6.45, 7) is 0. The molecule has 0 saturated carbocycles. The summed E-state index contributed by atoms with van der Waals surface area (Å²) >= 11 is 0. The molecule has 0 atom stereocenters. The van der Waals surface area contributed by atoms with Crippen molar-refractivity contribution in [2.24, 2.45) is 0 Å². The van der Waals surface area contributed by atoms with Gasteiger partial charge in [-0.25, -0.2) is 18.2 Å². The normalized spacial score (nSPS) is 11.4. The van der Waals surface area contributed by atoms with Crippen molar-refractivity contribution in [3.8, 4) is 22.4 Å². The van der Waals surface area contributed by atoms with Crippen LogP contribution in [0.4, 0.5) is 13.2 Å². The SMILES string of the molecule is Fc1cc(F)cc(-c2c(F)cnc3[nH]c4cnc(-c5cccnc5)cc4c23)c1. The molecule has 0 fully saturated rings. The van der Waals surface area contributed by atoms with Gasteiger partial charge in [0.25, 0.3) is 0 Å². The Morgan fingerprint density at radius 2 is 1.64 bits per heavy atom. The molecule has 0 radical (unpaired) electrons. The molecule has 0 spiro atoms. The van der Waals surface area contributed by atoms with Crippen molar-refractivity contribution >= 4 is 21.9 Å². The Labute approximate surface area is 156 Å². The standard InChI is InChI=1S/C21H11F3N4/c22-13-4-12(5-14(23)6-13)19-16(24)9-27-21-20(19)15-7-17(26-10-18(15)28-21)11-2-1-3-25-8-11/h1-10H,(H,27,28). The number of aromatic nitrogens is 4. The molecule has 4 nitrogen and oxygen atoms in total. The highest BCUT2D eigenvalue weighted by Crippen LogP contribution is 2.37. The van der Waals surface area contributed by atoms with Gasteiger partial charge in [0.2, 0.25) is 0 Å². The van der Waals surface area contributed by atoms with E-state index in [1.54, 1.807) is 30.7 Å². The summed E-state index contributed by atoms with van der Waals surface area (Å²) in [5, 5.41) is 1.09. The minimum Gasteiger partial charge on any atom is -0.338 e. The Kier molecular flexibility index (Phi) is 3.61. The van der Waals surface area contributed by atoms with Crippen molar-refractivity contribution < 1.29 is 13.2 Å². The van der Waals surface area contributed by atoms with Crippen LogP contribution in [0.25, 0.3) is 44.3 Å². The van der Waals surface area contributed by atoms with Crippen LogP contribution in [-0.2, 0) is 0 Å². The fraction of sp³-hybridized carbons (Fsp3) is 0. The first-order valence-electron chi connectivity index (χ1n) is 8.43. The summed E-state index contributed by atoms with van der Waals surface area (Å²) < 4.78 is 42.3. The average Bonchev–Trinajstić information content (AvgIpc) is 3.05. The zero-order valence-electron chi connectivity index (χ0n) is 14.2. The molecule has 0 saturated heterocycles. The Morgan fingerprint density at radius 3 is 2.39 bits per heavy atom. The van der Waals surface area contributed by atoms with Crippen LogP contribution in [0.3, 0.4) is 0 Å². The van der Waals surface area contributed by atoms with Crippen molar-refractivity contribution in [3.05, 3.63) is 78.6 Å². The number of aromatic amines is 1. The van der Waals surface area contributed by atoms with Gasteiger partial charge in [-0.1, -0.05) is 0 Å². The maximum atomic E-state index is 14.8. The highest BCUT2D eigenvalue weighted by molar-refractivity contribution is 6.13. The summed E-state index contributed by atoms with van der Waals surface area (Å²) in [5.74, 6) is -2.23. The van der Waals surface area contributed by atoms with Gasteiger partial charge in [0.15, 0.2) is 0 Å². The monoisotopic (exact) mass is 376 g/mol. The number of hydrogen-bond acceptors (Lipinski definition) is 3. The molecule has 0 aliphatic carbocycles. The zero-order valence-corrected chi connectivity index (χ0v) is 14.2. The molecule has 7 heteroatoms. The van der Waals surface area contributed by atoms with E-state index in [-0.39, 0.29) is 11.1 Å². The van der Waals surface area contributed by atoms with Crippen LogP contribution in [0.2, 0.25) is 0 Å². The molecular formula is C21H11F3N4. The van der Waals surface area contributed by atoms with Crippen LogP contribution in [0, 0.1) is 17.5 Å². The van der Waals surface area contributed by atoms with Crippen LogP contribution >= 0.6 is 0 Å². The van der Waals surface area contributed by atoms with E-state index in [0.717, 1.165) is 30.0 Å². The van der Waals surface area contributed by atoms with Crippen molar-refractivity contribution in [2.75, 3.05) is 0 Å². The predicted octanol–water partition coefficient (Wildman–Crippen LogP) is 5.26. The van der Waals surface area contributed by atoms with E-state index in [4.69, 9.17) is 0 Å². The molecule has 0 aliphatic heterocycles. The number of hydrogen-bond donors (Lipinski definition) is 1. The van der Waals surface area contributed by atoms with Crippen molar-refractivity contribution in [3.63, 3.8) is 0 Å². The third-order valence-corrected chi connectivity index (χ3v) is 4.57. The molecule has 28 heavy (non-hydrogen) atoms. The molecule has 4 heterocycles. The third-order valence-electron chi connectivity index (χ3n) is 4.57. The van der Waals surface area contributed by atoms with Crippen LogP contribution < -0.4 is 0 Å². The summed E-state index contributed by atoms with van der Waals surface area (Å²) in [6, 6.07) is 8.38. The van der Waals surface area contributed by atoms with Crippen molar-refractivity contribution in [2.45, 2.75) is 0 Å². The van der Waals surface area contributed by atoms with Gasteiger partial charge in [0, 0.05) is 40.4 Å². The fourth-order valence-electron chi connectivity index (χ4n) is 3.39. The minimum atomic E-state index is -0.781. The Hall–Kier alpha value is -3.74. The second-order valence-corrected chi connectivity index (χ2v) is 6.34. The van der Waals surface area contributed by atoms with E-state index < -0.39 is 17.5 Å². The van der Waals surface area contributed by atoms with Gasteiger partial charge in [-0.3, -0.25) is 9.97 Å². The van der Waals surface area contributed by atoms with Gasteiger partial charge >= 0.3 is 0 Å². The van der Waals surface area contributed by atoms with E-state index >= 15 is 0 Å². The van der Waals surface area contributed by atoms with Crippen LogP contribution in [0.1, 0.15) is 0 Å². The first-order valence-corrected chi connectivity index (χ1v) is 8.43.